The van der Waals surface area contributed by atoms with E-state index in [9.17, 15) is 22.8 Å². The summed E-state index contributed by atoms with van der Waals surface area (Å²) in [5.74, 6) is -1.97. The maximum absolute atomic E-state index is 12.7. The molecule has 0 spiro atoms. The first-order valence-corrected chi connectivity index (χ1v) is 8.81. The molecule has 9 nitrogen and oxygen atoms in total. The molecular formula is C15H16N2O7S. The number of ether oxygens (including phenoxy) is 2. The van der Waals surface area contributed by atoms with E-state index in [1.807, 2.05) is 0 Å². The lowest BCUT2D eigenvalue weighted by atomic mass is 10.0. The van der Waals surface area contributed by atoms with E-state index in [-0.39, 0.29) is 21.8 Å². The molecule has 0 atom stereocenters. The van der Waals surface area contributed by atoms with E-state index in [0.29, 0.717) is 0 Å². The molecule has 134 valence electrons. The van der Waals surface area contributed by atoms with Crippen molar-refractivity contribution in [3.8, 4) is 5.75 Å². The van der Waals surface area contributed by atoms with E-state index in [4.69, 9.17) is 4.74 Å². The first-order chi connectivity index (χ1) is 11.6. The zero-order valence-corrected chi connectivity index (χ0v) is 14.8. The molecule has 2 aromatic rings. The summed E-state index contributed by atoms with van der Waals surface area (Å²) in [7, 11) is -0.109. The molecule has 0 unspecified atom stereocenters. The van der Waals surface area contributed by atoms with Crippen molar-refractivity contribution in [2.75, 3.05) is 20.5 Å². The number of carbonyl (C=O) groups is 2. The Morgan fingerprint density at radius 1 is 1.16 bits per heavy atom. The zero-order valence-electron chi connectivity index (χ0n) is 13.9. The van der Waals surface area contributed by atoms with Crippen LogP contribution in [0.5, 0.6) is 5.75 Å². The monoisotopic (exact) mass is 368 g/mol. The number of nitrogens with zero attached hydrogens (tertiary/aromatic N) is 1. The smallest absolute Gasteiger partial charge is 0.343 e. The average Bonchev–Trinajstić information content (AvgIpc) is 2.90. The highest BCUT2D eigenvalue weighted by molar-refractivity contribution is 7.90. The molecule has 0 amide bonds. The minimum absolute atomic E-state index is 0.132. The summed E-state index contributed by atoms with van der Waals surface area (Å²) < 4.78 is 34.7. The maximum Gasteiger partial charge on any atom is 0.343 e. The van der Waals surface area contributed by atoms with Crippen molar-refractivity contribution in [3.63, 3.8) is 0 Å². The predicted octanol–water partition coefficient (Wildman–Crippen LogP) is 0.143. The van der Waals surface area contributed by atoms with Crippen molar-refractivity contribution in [1.29, 1.82) is 0 Å². The van der Waals surface area contributed by atoms with E-state index in [2.05, 4.69) is 9.84 Å². The molecule has 0 bridgehead atoms. The van der Waals surface area contributed by atoms with Gasteiger partial charge in [0.05, 0.1) is 24.7 Å². The highest BCUT2D eigenvalue weighted by Gasteiger charge is 2.30. The molecule has 0 saturated carbocycles. The number of hydrogen-bond donors (Lipinski definition) is 1. The molecule has 1 aromatic carbocycles. The minimum atomic E-state index is -3.80. The topological polar surface area (TPSA) is 125 Å². The Morgan fingerprint density at radius 3 is 2.24 bits per heavy atom. The van der Waals surface area contributed by atoms with Crippen LogP contribution in [0.3, 0.4) is 0 Å². The van der Waals surface area contributed by atoms with Gasteiger partial charge in [-0.25, -0.2) is 13.2 Å². The van der Waals surface area contributed by atoms with Gasteiger partial charge in [0.1, 0.15) is 16.9 Å². The summed E-state index contributed by atoms with van der Waals surface area (Å²) in [5, 5.41) is 2.56. The van der Waals surface area contributed by atoms with E-state index >= 15 is 0 Å². The van der Waals surface area contributed by atoms with Crippen LogP contribution in [0.25, 0.3) is 0 Å². The van der Waals surface area contributed by atoms with Crippen molar-refractivity contribution in [1.82, 2.24) is 9.78 Å². The number of H-pyrrole nitrogens is 1. The fourth-order valence-electron chi connectivity index (χ4n) is 2.33. The Labute approximate surface area is 143 Å². The van der Waals surface area contributed by atoms with E-state index in [1.54, 1.807) is 0 Å². The first kappa shape index (κ1) is 18.5. The number of hydrogen-bond acceptors (Lipinski definition) is 7. The number of carbonyl (C=O) groups excluding carboxylic acids is 2. The van der Waals surface area contributed by atoms with Crippen LogP contribution in [0.1, 0.15) is 26.3 Å². The number of sulfone groups is 1. The number of aromatic amines is 1. The van der Waals surface area contributed by atoms with Crippen LogP contribution in [0.2, 0.25) is 0 Å². The number of methoxy groups -OCH3 is 2. The SMILES string of the molecule is COC(=O)c1c(S(C)(=O)=O)ccc(C(=O)c2c[nH]n(C)c2=O)c1OC. The number of rotatable bonds is 5. The number of benzene rings is 1. The second-order valence-corrected chi connectivity index (χ2v) is 7.15. The number of aryl methyl sites for hydroxylation is 1. The van der Waals surface area contributed by atoms with Crippen LogP contribution in [0.15, 0.2) is 28.0 Å². The Morgan fingerprint density at radius 2 is 1.80 bits per heavy atom. The summed E-state index contributed by atoms with van der Waals surface area (Å²) in [6.07, 6.45) is 2.13. The van der Waals surface area contributed by atoms with Gasteiger partial charge in [-0.2, -0.15) is 0 Å². The molecule has 0 radical (unpaired) electrons. The normalized spacial score (nSPS) is 11.2. The molecular weight excluding hydrogens is 352 g/mol. The lowest BCUT2D eigenvalue weighted by Gasteiger charge is -2.14. The van der Waals surface area contributed by atoms with Crippen LogP contribution >= 0.6 is 0 Å². The molecule has 0 aliphatic rings. The third-order valence-electron chi connectivity index (χ3n) is 3.54. The first-order valence-electron chi connectivity index (χ1n) is 6.92. The maximum atomic E-state index is 12.7. The fourth-order valence-corrected chi connectivity index (χ4v) is 3.19. The van der Waals surface area contributed by atoms with Gasteiger partial charge in [0, 0.05) is 19.5 Å². The third-order valence-corrected chi connectivity index (χ3v) is 4.68. The van der Waals surface area contributed by atoms with Crippen LogP contribution < -0.4 is 10.3 Å². The summed E-state index contributed by atoms with van der Waals surface area (Å²) in [6.45, 7) is 0. The summed E-state index contributed by atoms with van der Waals surface area (Å²) >= 11 is 0. The molecule has 1 N–H and O–H groups in total. The minimum Gasteiger partial charge on any atom is -0.495 e. The fraction of sp³-hybridized carbons (Fsp3) is 0.267. The Kier molecular flexibility index (Phi) is 4.84. The van der Waals surface area contributed by atoms with Crippen LogP contribution in [0.4, 0.5) is 0 Å². The highest BCUT2D eigenvalue weighted by Crippen LogP contribution is 2.32. The number of ketones is 1. The predicted molar refractivity (Wildman–Crippen MR) is 86.9 cm³/mol. The number of nitrogens with one attached hydrogen (secondary N) is 1. The van der Waals surface area contributed by atoms with Gasteiger partial charge >= 0.3 is 5.97 Å². The Hall–Kier alpha value is -2.88. The standard InChI is InChI=1S/C15H16N2O7S/c1-17-14(19)9(7-16-17)12(18)8-5-6-10(25(4,21)22)11(13(8)23-2)15(20)24-3/h5-7,16H,1-4H3. The highest BCUT2D eigenvalue weighted by atomic mass is 32.2. The van der Waals surface area contributed by atoms with Gasteiger partial charge in [-0.1, -0.05) is 0 Å². The van der Waals surface area contributed by atoms with Crippen LogP contribution in [-0.2, 0) is 21.6 Å². The van der Waals surface area contributed by atoms with Crippen molar-refractivity contribution in [2.45, 2.75) is 4.90 Å². The van der Waals surface area contributed by atoms with E-state index in [1.165, 1.54) is 26.4 Å². The van der Waals surface area contributed by atoms with Gasteiger partial charge in [0.2, 0.25) is 5.78 Å². The lowest BCUT2D eigenvalue weighted by Crippen LogP contribution is -2.21. The van der Waals surface area contributed by atoms with Gasteiger partial charge in [-0.15, -0.1) is 0 Å². The molecule has 25 heavy (non-hydrogen) atoms. The zero-order chi connectivity index (χ0) is 18.9. The quantitative estimate of drug-likeness (QED) is 0.588. The molecule has 0 fully saturated rings. The molecule has 0 saturated heterocycles. The second kappa shape index (κ2) is 6.55. The second-order valence-electron chi connectivity index (χ2n) is 5.16. The molecule has 0 aliphatic heterocycles. The average molecular weight is 368 g/mol. The molecule has 1 aromatic heterocycles. The van der Waals surface area contributed by atoms with Gasteiger partial charge in [-0.3, -0.25) is 14.3 Å². The van der Waals surface area contributed by atoms with Crippen molar-refractivity contribution >= 4 is 21.6 Å². The Balaban J connectivity index is 2.81. The molecule has 2 rings (SSSR count). The largest absolute Gasteiger partial charge is 0.495 e. The van der Waals surface area contributed by atoms with Gasteiger partial charge < -0.3 is 14.6 Å². The third kappa shape index (κ3) is 3.20. The summed E-state index contributed by atoms with van der Waals surface area (Å²) in [6, 6.07) is 2.30. The Bertz CT molecular complexity index is 1010. The van der Waals surface area contributed by atoms with Crippen molar-refractivity contribution < 1.29 is 27.5 Å². The van der Waals surface area contributed by atoms with Crippen molar-refractivity contribution in [2.24, 2.45) is 7.05 Å². The van der Waals surface area contributed by atoms with E-state index in [0.717, 1.165) is 24.1 Å². The summed E-state index contributed by atoms with van der Waals surface area (Å²) in [5.41, 5.74) is -1.28. The lowest BCUT2D eigenvalue weighted by molar-refractivity contribution is 0.0592. The van der Waals surface area contributed by atoms with Gasteiger partial charge in [0.25, 0.3) is 5.56 Å². The van der Waals surface area contributed by atoms with Gasteiger partial charge in [0.15, 0.2) is 9.84 Å². The van der Waals surface area contributed by atoms with Crippen LogP contribution in [0, 0.1) is 0 Å². The van der Waals surface area contributed by atoms with Crippen LogP contribution in [-0.4, -0.2) is 50.4 Å². The molecule has 1 heterocycles. The summed E-state index contributed by atoms with van der Waals surface area (Å²) in [4.78, 5) is 36.4. The van der Waals surface area contributed by atoms with E-state index < -0.39 is 32.7 Å². The number of aromatic nitrogens is 2. The molecule has 0 aliphatic carbocycles. The van der Waals surface area contributed by atoms with Crippen molar-refractivity contribution in [3.05, 3.63) is 45.4 Å². The van der Waals surface area contributed by atoms with Gasteiger partial charge in [-0.05, 0) is 12.1 Å². The number of esters is 1. The molecule has 10 heteroatoms.